The van der Waals surface area contributed by atoms with E-state index in [1.165, 1.54) is 0 Å². The summed E-state index contributed by atoms with van der Waals surface area (Å²) in [5, 5.41) is 2.21. The van der Waals surface area contributed by atoms with E-state index in [9.17, 15) is 0 Å². The van der Waals surface area contributed by atoms with E-state index in [2.05, 4.69) is 22.4 Å². The molecule has 1 fully saturated rings. The standard InChI is InChI=1S/C12H20N4O/c1-15-5-7-16(8-6-15)14-10-3-4-11(13)12(9-10)17-2/h3-4,9,14H,5-8,13H2,1-2H3. The average Bonchev–Trinajstić information content (AvgIpc) is 2.34. The minimum atomic E-state index is 0.663. The molecule has 1 heterocycles. The number of hydrogen-bond acceptors (Lipinski definition) is 5. The van der Waals surface area contributed by atoms with Gasteiger partial charge in [-0.15, -0.1) is 0 Å². The Labute approximate surface area is 102 Å². The molecule has 0 aromatic heterocycles. The minimum Gasteiger partial charge on any atom is -0.495 e. The Morgan fingerprint density at radius 3 is 2.59 bits per heavy atom. The number of nitrogens with one attached hydrogen (secondary N) is 1. The fourth-order valence-corrected chi connectivity index (χ4v) is 1.88. The number of nitrogens with two attached hydrogens (primary N) is 1. The maximum atomic E-state index is 5.78. The lowest BCUT2D eigenvalue weighted by molar-refractivity contribution is 0.179. The van der Waals surface area contributed by atoms with Gasteiger partial charge in [0.2, 0.25) is 0 Å². The third-order valence-electron chi connectivity index (χ3n) is 3.02. The van der Waals surface area contributed by atoms with Crippen molar-refractivity contribution in [3.8, 4) is 5.75 Å². The van der Waals surface area contributed by atoms with Crippen LogP contribution in [0.4, 0.5) is 11.4 Å². The van der Waals surface area contributed by atoms with Crippen LogP contribution in [0, 0.1) is 0 Å². The second kappa shape index (κ2) is 5.25. The highest BCUT2D eigenvalue weighted by Crippen LogP contribution is 2.25. The zero-order valence-electron chi connectivity index (χ0n) is 10.4. The van der Waals surface area contributed by atoms with Gasteiger partial charge in [-0.1, -0.05) is 0 Å². The Balaban J connectivity index is 1.99. The van der Waals surface area contributed by atoms with E-state index in [0.29, 0.717) is 11.4 Å². The molecule has 1 aliphatic rings. The molecule has 1 aromatic rings. The Morgan fingerprint density at radius 2 is 1.94 bits per heavy atom. The second-order valence-electron chi connectivity index (χ2n) is 4.36. The molecule has 94 valence electrons. The van der Waals surface area contributed by atoms with Crippen LogP contribution in [0.5, 0.6) is 5.75 Å². The maximum Gasteiger partial charge on any atom is 0.143 e. The fourth-order valence-electron chi connectivity index (χ4n) is 1.88. The maximum absolute atomic E-state index is 5.78. The summed E-state index contributed by atoms with van der Waals surface area (Å²) in [7, 11) is 3.77. The summed E-state index contributed by atoms with van der Waals surface area (Å²) < 4.78 is 5.20. The number of anilines is 2. The lowest BCUT2D eigenvalue weighted by Crippen LogP contribution is -2.46. The van der Waals surface area contributed by atoms with E-state index >= 15 is 0 Å². The second-order valence-corrected chi connectivity index (χ2v) is 4.36. The van der Waals surface area contributed by atoms with Gasteiger partial charge >= 0.3 is 0 Å². The van der Waals surface area contributed by atoms with Crippen LogP contribution in [-0.4, -0.2) is 50.2 Å². The quantitative estimate of drug-likeness (QED) is 0.762. The Hall–Kier alpha value is -1.46. The van der Waals surface area contributed by atoms with Gasteiger partial charge in [-0.05, 0) is 19.2 Å². The van der Waals surface area contributed by atoms with Crippen molar-refractivity contribution in [3.05, 3.63) is 18.2 Å². The lowest BCUT2D eigenvalue weighted by atomic mass is 10.2. The summed E-state index contributed by atoms with van der Waals surface area (Å²) in [6, 6.07) is 5.75. The number of nitrogens with zero attached hydrogens (tertiary/aromatic N) is 2. The van der Waals surface area contributed by atoms with Crippen LogP contribution in [0.2, 0.25) is 0 Å². The number of ether oxygens (including phenoxy) is 1. The van der Waals surface area contributed by atoms with Gasteiger partial charge in [-0.2, -0.15) is 0 Å². The smallest absolute Gasteiger partial charge is 0.143 e. The van der Waals surface area contributed by atoms with Gasteiger partial charge in [0.15, 0.2) is 0 Å². The average molecular weight is 236 g/mol. The van der Waals surface area contributed by atoms with Gasteiger partial charge in [-0.3, -0.25) is 0 Å². The van der Waals surface area contributed by atoms with Gasteiger partial charge in [0.25, 0.3) is 0 Å². The predicted molar refractivity (Wildman–Crippen MR) is 70.1 cm³/mol. The molecule has 1 aromatic carbocycles. The van der Waals surface area contributed by atoms with Gasteiger partial charge in [0.1, 0.15) is 5.75 Å². The fraction of sp³-hybridized carbons (Fsp3) is 0.500. The summed E-state index contributed by atoms with van der Waals surface area (Å²) >= 11 is 0. The first-order chi connectivity index (χ1) is 8.19. The largest absolute Gasteiger partial charge is 0.495 e. The van der Waals surface area contributed by atoms with E-state index in [1.54, 1.807) is 7.11 Å². The molecule has 0 unspecified atom stereocenters. The van der Waals surface area contributed by atoms with Crippen molar-refractivity contribution >= 4 is 11.4 Å². The highest BCUT2D eigenvalue weighted by molar-refractivity contribution is 5.61. The van der Waals surface area contributed by atoms with Crippen LogP contribution in [0.15, 0.2) is 18.2 Å². The van der Waals surface area contributed by atoms with Crippen molar-refractivity contribution < 1.29 is 4.74 Å². The third-order valence-corrected chi connectivity index (χ3v) is 3.02. The number of hydrogen-bond donors (Lipinski definition) is 2. The van der Waals surface area contributed by atoms with Crippen LogP contribution < -0.4 is 15.9 Å². The monoisotopic (exact) mass is 236 g/mol. The molecule has 0 spiro atoms. The highest BCUT2D eigenvalue weighted by Gasteiger charge is 2.13. The number of piperazine rings is 1. The molecule has 0 atom stereocenters. The van der Waals surface area contributed by atoms with E-state index in [-0.39, 0.29) is 0 Å². The molecular formula is C12H20N4O. The number of benzene rings is 1. The van der Waals surface area contributed by atoms with Gasteiger partial charge in [0, 0.05) is 32.2 Å². The zero-order valence-corrected chi connectivity index (χ0v) is 10.4. The van der Waals surface area contributed by atoms with Crippen LogP contribution in [0.25, 0.3) is 0 Å². The normalized spacial score (nSPS) is 18.0. The molecule has 0 radical (unpaired) electrons. The van der Waals surface area contributed by atoms with Crippen molar-refractivity contribution in [2.75, 3.05) is 51.5 Å². The summed E-state index contributed by atoms with van der Waals surface area (Å²) in [5.41, 5.74) is 10.8. The first kappa shape index (κ1) is 12.0. The topological polar surface area (TPSA) is 53.8 Å². The molecule has 5 heteroatoms. The minimum absolute atomic E-state index is 0.663. The Kier molecular flexibility index (Phi) is 3.71. The summed E-state index contributed by atoms with van der Waals surface area (Å²) in [6.07, 6.45) is 0. The molecule has 17 heavy (non-hydrogen) atoms. The van der Waals surface area contributed by atoms with Gasteiger partial charge < -0.3 is 20.8 Å². The third kappa shape index (κ3) is 3.01. The first-order valence-corrected chi connectivity index (χ1v) is 5.82. The molecule has 0 aliphatic carbocycles. The van der Waals surface area contributed by atoms with Crippen molar-refractivity contribution in [3.63, 3.8) is 0 Å². The van der Waals surface area contributed by atoms with Crippen molar-refractivity contribution in [1.29, 1.82) is 0 Å². The Bertz CT molecular complexity index is 375. The highest BCUT2D eigenvalue weighted by atomic mass is 16.5. The van der Waals surface area contributed by atoms with Crippen LogP contribution >= 0.6 is 0 Å². The number of rotatable bonds is 3. The van der Waals surface area contributed by atoms with Crippen molar-refractivity contribution in [2.24, 2.45) is 0 Å². The molecule has 3 N–H and O–H groups in total. The number of nitrogen functional groups attached to an aromatic ring is 1. The van der Waals surface area contributed by atoms with Gasteiger partial charge in [-0.25, -0.2) is 5.01 Å². The molecule has 0 saturated carbocycles. The SMILES string of the molecule is COc1cc(NN2CCN(C)CC2)ccc1N. The van der Waals surface area contributed by atoms with E-state index < -0.39 is 0 Å². The van der Waals surface area contributed by atoms with Gasteiger partial charge in [0.05, 0.1) is 18.5 Å². The van der Waals surface area contributed by atoms with E-state index in [4.69, 9.17) is 10.5 Å². The molecule has 0 bridgehead atoms. The summed E-state index contributed by atoms with van der Waals surface area (Å²) in [6.45, 7) is 4.20. The lowest BCUT2D eigenvalue weighted by Gasteiger charge is -2.33. The van der Waals surface area contributed by atoms with Crippen molar-refractivity contribution in [1.82, 2.24) is 9.91 Å². The molecule has 1 saturated heterocycles. The number of methoxy groups -OCH3 is 1. The molecule has 2 rings (SSSR count). The van der Waals surface area contributed by atoms with Crippen LogP contribution in [0.3, 0.4) is 0 Å². The van der Waals surface area contributed by atoms with Crippen LogP contribution in [0.1, 0.15) is 0 Å². The van der Waals surface area contributed by atoms with Crippen molar-refractivity contribution in [2.45, 2.75) is 0 Å². The van der Waals surface area contributed by atoms with E-state index in [1.807, 2.05) is 18.2 Å². The molecular weight excluding hydrogens is 216 g/mol. The van der Waals surface area contributed by atoms with Crippen LogP contribution in [-0.2, 0) is 0 Å². The summed E-state index contributed by atoms with van der Waals surface area (Å²) in [5.74, 6) is 0.712. The number of hydrazine groups is 1. The predicted octanol–water partition coefficient (Wildman–Crippen LogP) is 0.852. The molecule has 0 amide bonds. The zero-order chi connectivity index (χ0) is 12.3. The van der Waals surface area contributed by atoms with E-state index in [0.717, 1.165) is 31.9 Å². The molecule has 1 aliphatic heterocycles. The Morgan fingerprint density at radius 1 is 1.24 bits per heavy atom. The summed E-state index contributed by atoms with van der Waals surface area (Å²) in [4.78, 5) is 2.32. The first-order valence-electron chi connectivity index (χ1n) is 5.82. The number of likely N-dealkylation sites (N-methyl/N-ethyl adjacent to an activating group) is 1. The molecule has 5 nitrogen and oxygen atoms in total.